The van der Waals surface area contributed by atoms with Gasteiger partial charge in [-0.15, -0.1) is 0 Å². The third kappa shape index (κ3) is 4.20. The second kappa shape index (κ2) is 7.76. The topological polar surface area (TPSA) is 95.5 Å². The third-order valence-corrected chi connectivity index (χ3v) is 6.23. The Morgan fingerprint density at radius 2 is 1.76 bits per heavy atom. The van der Waals surface area contributed by atoms with E-state index in [4.69, 9.17) is 0 Å². The van der Waals surface area contributed by atoms with Gasteiger partial charge in [-0.25, -0.2) is 8.42 Å². The van der Waals surface area contributed by atoms with Crippen LogP contribution in [0.4, 0.5) is 11.4 Å². The van der Waals surface area contributed by atoms with Crippen LogP contribution >= 0.6 is 0 Å². The number of piperazine rings is 1. The number of hydrogen-bond acceptors (Lipinski definition) is 6. The molecular weight excluding hydrogens is 390 g/mol. The van der Waals surface area contributed by atoms with Gasteiger partial charge in [-0.3, -0.25) is 14.8 Å². The van der Waals surface area contributed by atoms with Gasteiger partial charge in [-0.05, 0) is 24.3 Å². The molecule has 0 saturated carbocycles. The molecule has 3 heterocycles. The summed E-state index contributed by atoms with van der Waals surface area (Å²) in [6.07, 6.45) is 4.50. The van der Waals surface area contributed by atoms with Crippen molar-refractivity contribution in [3.63, 3.8) is 0 Å². The van der Waals surface area contributed by atoms with Crippen molar-refractivity contribution in [3.8, 4) is 0 Å². The Labute approximate surface area is 169 Å². The maximum absolute atomic E-state index is 12.8. The van der Waals surface area contributed by atoms with Gasteiger partial charge in [0, 0.05) is 49.6 Å². The number of sulfonamides is 1. The molecule has 0 atom stereocenters. The number of aromatic nitrogens is 2. The number of carbonyl (C=O) groups excluding carboxylic acids is 1. The van der Waals surface area contributed by atoms with Crippen molar-refractivity contribution >= 4 is 38.2 Å². The lowest BCUT2D eigenvalue weighted by Crippen LogP contribution is -2.48. The van der Waals surface area contributed by atoms with E-state index in [0.717, 1.165) is 16.6 Å². The molecule has 4 rings (SSSR count). The van der Waals surface area contributed by atoms with Crippen LogP contribution in [0.15, 0.2) is 54.9 Å². The molecule has 150 valence electrons. The Bertz CT molecular complexity index is 1150. The van der Waals surface area contributed by atoms with Crippen molar-refractivity contribution in [1.82, 2.24) is 14.3 Å². The van der Waals surface area contributed by atoms with Gasteiger partial charge in [0.25, 0.3) is 5.91 Å². The Morgan fingerprint density at radius 3 is 2.52 bits per heavy atom. The van der Waals surface area contributed by atoms with E-state index in [9.17, 15) is 13.2 Å². The maximum atomic E-state index is 12.8. The monoisotopic (exact) mass is 411 g/mol. The highest BCUT2D eigenvalue weighted by atomic mass is 32.2. The number of nitrogens with one attached hydrogen (secondary N) is 1. The number of para-hydroxylation sites is 1. The van der Waals surface area contributed by atoms with E-state index in [0.29, 0.717) is 37.6 Å². The first-order chi connectivity index (χ1) is 13.9. The predicted molar refractivity (Wildman–Crippen MR) is 113 cm³/mol. The molecule has 1 aromatic carbocycles. The third-order valence-electron chi connectivity index (χ3n) is 4.93. The number of nitrogens with zero attached hydrogens (tertiary/aromatic N) is 4. The molecule has 1 amide bonds. The molecule has 0 aliphatic carbocycles. The molecule has 0 radical (unpaired) electrons. The molecule has 3 aromatic rings. The van der Waals surface area contributed by atoms with Crippen molar-refractivity contribution < 1.29 is 13.2 Å². The van der Waals surface area contributed by atoms with Crippen LogP contribution < -0.4 is 10.2 Å². The first-order valence-electron chi connectivity index (χ1n) is 9.23. The maximum Gasteiger partial charge on any atom is 0.274 e. The number of carbonyl (C=O) groups is 1. The predicted octanol–water partition coefficient (Wildman–Crippen LogP) is 1.96. The molecule has 1 aliphatic heterocycles. The molecule has 0 unspecified atom stereocenters. The molecule has 1 fully saturated rings. The summed E-state index contributed by atoms with van der Waals surface area (Å²) in [5.41, 5.74) is 2.48. The van der Waals surface area contributed by atoms with Crippen LogP contribution in [-0.2, 0) is 10.0 Å². The lowest BCUT2D eigenvalue weighted by molar-refractivity contribution is 0.102. The van der Waals surface area contributed by atoms with Gasteiger partial charge in [0.15, 0.2) is 0 Å². The average Bonchev–Trinajstić information content (AvgIpc) is 2.73. The summed E-state index contributed by atoms with van der Waals surface area (Å²) < 4.78 is 24.8. The summed E-state index contributed by atoms with van der Waals surface area (Å²) >= 11 is 0. The van der Waals surface area contributed by atoms with E-state index < -0.39 is 10.0 Å². The minimum Gasteiger partial charge on any atom is -0.369 e. The van der Waals surface area contributed by atoms with E-state index in [1.807, 2.05) is 36.4 Å². The van der Waals surface area contributed by atoms with E-state index in [1.165, 1.54) is 10.6 Å². The minimum atomic E-state index is -3.18. The summed E-state index contributed by atoms with van der Waals surface area (Å²) in [4.78, 5) is 23.4. The summed E-state index contributed by atoms with van der Waals surface area (Å²) in [7, 11) is -3.18. The van der Waals surface area contributed by atoms with Crippen LogP contribution in [-0.4, -0.2) is 61.0 Å². The fraction of sp³-hybridized carbons (Fsp3) is 0.250. The molecule has 2 aromatic heterocycles. The van der Waals surface area contributed by atoms with Crippen molar-refractivity contribution in [3.05, 3.63) is 60.6 Å². The van der Waals surface area contributed by atoms with Gasteiger partial charge in [0.2, 0.25) is 10.0 Å². The smallest absolute Gasteiger partial charge is 0.274 e. The summed E-state index contributed by atoms with van der Waals surface area (Å²) in [6.45, 7) is 1.96. The number of amides is 1. The van der Waals surface area contributed by atoms with Crippen molar-refractivity contribution in [2.45, 2.75) is 0 Å². The molecule has 8 nitrogen and oxygen atoms in total. The first-order valence-corrected chi connectivity index (χ1v) is 11.1. The van der Waals surface area contributed by atoms with E-state index in [-0.39, 0.29) is 5.91 Å². The van der Waals surface area contributed by atoms with Crippen LogP contribution in [0.5, 0.6) is 0 Å². The van der Waals surface area contributed by atoms with Crippen LogP contribution in [0, 0.1) is 0 Å². The van der Waals surface area contributed by atoms with Gasteiger partial charge >= 0.3 is 0 Å². The molecule has 1 N–H and O–H groups in total. The SMILES string of the molecule is CS(=O)(=O)N1CCN(c2ccnc(C(=O)Nc3cccc4cccnc34)c2)CC1. The number of fused-ring (bicyclic) bond motifs is 1. The van der Waals surface area contributed by atoms with E-state index in [1.54, 1.807) is 18.5 Å². The zero-order valence-corrected chi connectivity index (χ0v) is 16.8. The number of rotatable bonds is 4. The normalized spacial score (nSPS) is 15.4. The van der Waals surface area contributed by atoms with Gasteiger partial charge < -0.3 is 10.2 Å². The Morgan fingerprint density at radius 1 is 1.00 bits per heavy atom. The molecule has 1 saturated heterocycles. The zero-order valence-electron chi connectivity index (χ0n) is 15.9. The van der Waals surface area contributed by atoms with Crippen LogP contribution in [0.25, 0.3) is 10.9 Å². The Balaban J connectivity index is 1.51. The Kier molecular flexibility index (Phi) is 5.16. The summed E-state index contributed by atoms with van der Waals surface area (Å²) in [6, 6.07) is 12.9. The molecule has 1 aliphatic rings. The molecule has 29 heavy (non-hydrogen) atoms. The van der Waals surface area contributed by atoms with Gasteiger partial charge in [-0.1, -0.05) is 18.2 Å². The Hall–Kier alpha value is -3.04. The average molecular weight is 411 g/mol. The second-order valence-electron chi connectivity index (χ2n) is 6.88. The molecule has 9 heteroatoms. The van der Waals surface area contributed by atoms with Gasteiger partial charge in [0.05, 0.1) is 17.5 Å². The number of hydrogen-bond donors (Lipinski definition) is 1. The van der Waals surface area contributed by atoms with Gasteiger partial charge in [0.1, 0.15) is 5.69 Å². The lowest BCUT2D eigenvalue weighted by atomic mass is 10.2. The van der Waals surface area contributed by atoms with Crippen molar-refractivity contribution in [2.75, 3.05) is 42.7 Å². The minimum absolute atomic E-state index is 0.293. The molecular formula is C20H21N5O3S. The number of pyridine rings is 2. The van der Waals surface area contributed by atoms with E-state index in [2.05, 4.69) is 20.2 Å². The standard InChI is InChI=1S/C20H21N5O3S/c1-29(27,28)25-12-10-24(11-13-25)16-7-9-21-18(14-16)20(26)23-17-6-2-4-15-5-3-8-22-19(15)17/h2-9,14H,10-13H2,1H3,(H,23,26). The van der Waals surface area contributed by atoms with Gasteiger partial charge in [-0.2, -0.15) is 4.31 Å². The quantitative estimate of drug-likeness (QED) is 0.705. The highest BCUT2D eigenvalue weighted by Crippen LogP contribution is 2.22. The fourth-order valence-electron chi connectivity index (χ4n) is 3.41. The summed E-state index contributed by atoms with van der Waals surface area (Å²) in [5.74, 6) is -0.320. The van der Waals surface area contributed by atoms with Crippen LogP contribution in [0.2, 0.25) is 0 Å². The highest BCUT2D eigenvalue weighted by Gasteiger charge is 2.24. The molecule has 0 spiro atoms. The lowest BCUT2D eigenvalue weighted by Gasteiger charge is -2.34. The highest BCUT2D eigenvalue weighted by molar-refractivity contribution is 7.88. The number of anilines is 2. The zero-order chi connectivity index (χ0) is 20.4. The van der Waals surface area contributed by atoms with Crippen molar-refractivity contribution in [1.29, 1.82) is 0 Å². The summed E-state index contributed by atoms with van der Waals surface area (Å²) in [5, 5.41) is 3.83. The largest absolute Gasteiger partial charge is 0.369 e. The second-order valence-corrected chi connectivity index (χ2v) is 8.87. The fourth-order valence-corrected chi connectivity index (χ4v) is 4.24. The van der Waals surface area contributed by atoms with Crippen LogP contribution in [0.1, 0.15) is 10.5 Å². The molecule has 0 bridgehead atoms. The number of benzene rings is 1. The van der Waals surface area contributed by atoms with Crippen molar-refractivity contribution in [2.24, 2.45) is 0 Å². The van der Waals surface area contributed by atoms with E-state index >= 15 is 0 Å². The van der Waals surface area contributed by atoms with Crippen LogP contribution in [0.3, 0.4) is 0 Å². The first kappa shape index (κ1) is 19.3.